The van der Waals surface area contributed by atoms with Crippen molar-refractivity contribution in [3.63, 3.8) is 0 Å². The summed E-state index contributed by atoms with van der Waals surface area (Å²) in [6, 6.07) is 5.44. The quantitative estimate of drug-likeness (QED) is 0.864. The second-order valence-electron chi connectivity index (χ2n) is 5.43. The number of benzene rings is 1. The molecule has 0 atom stereocenters. The Kier molecular flexibility index (Phi) is 3.68. The molecule has 0 saturated heterocycles. The Balaban J connectivity index is 1.52. The number of hydrogen-bond acceptors (Lipinski definition) is 4. The molecule has 112 valence electrons. The first-order valence-electron chi connectivity index (χ1n) is 7.02. The molecule has 1 saturated carbocycles. The average molecular weight is 291 g/mol. The van der Waals surface area contributed by atoms with E-state index >= 15 is 0 Å². The number of carboxylic acid groups (broad SMARTS) is 1. The molecule has 1 fully saturated rings. The average Bonchev–Trinajstić information content (AvgIpc) is 2.42. The van der Waals surface area contributed by atoms with Gasteiger partial charge in [0.25, 0.3) is 0 Å². The van der Waals surface area contributed by atoms with Gasteiger partial charge in [-0.2, -0.15) is 0 Å². The SMILES string of the molecule is O=C(Cc1ccc2c(c1)OCCO2)NC1CC(C(=O)O)C1. The van der Waals surface area contributed by atoms with Crippen LogP contribution in [0.5, 0.6) is 11.5 Å². The zero-order valence-electron chi connectivity index (χ0n) is 11.5. The molecule has 0 bridgehead atoms. The largest absolute Gasteiger partial charge is 0.486 e. The van der Waals surface area contributed by atoms with Crippen molar-refractivity contribution >= 4 is 11.9 Å². The van der Waals surface area contributed by atoms with Gasteiger partial charge in [-0.05, 0) is 30.5 Å². The number of fused-ring (bicyclic) bond motifs is 1. The molecule has 0 unspecified atom stereocenters. The zero-order chi connectivity index (χ0) is 14.8. The predicted octanol–water partition coefficient (Wildman–Crippen LogP) is 0.980. The van der Waals surface area contributed by atoms with E-state index in [0.717, 1.165) is 5.56 Å². The number of hydrogen-bond donors (Lipinski definition) is 2. The second-order valence-corrected chi connectivity index (χ2v) is 5.43. The summed E-state index contributed by atoms with van der Waals surface area (Å²) in [4.78, 5) is 22.6. The predicted molar refractivity (Wildman–Crippen MR) is 73.4 cm³/mol. The van der Waals surface area contributed by atoms with Gasteiger partial charge in [0.05, 0.1) is 12.3 Å². The molecule has 3 rings (SSSR count). The van der Waals surface area contributed by atoms with Gasteiger partial charge in [-0.3, -0.25) is 9.59 Å². The van der Waals surface area contributed by atoms with Crippen molar-refractivity contribution in [2.75, 3.05) is 13.2 Å². The first-order valence-corrected chi connectivity index (χ1v) is 7.02. The Morgan fingerprint density at radius 2 is 1.90 bits per heavy atom. The van der Waals surface area contributed by atoms with Crippen molar-refractivity contribution in [1.82, 2.24) is 5.32 Å². The fourth-order valence-corrected chi connectivity index (χ4v) is 2.60. The van der Waals surface area contributed by atoms with E-state index in [1.54, 1.807) is 6.07 Å². The minimum atomic E-state index is -0.785. The van der Waals surface area contributed by atoms with Crippen molar-refractivity contribution in [2.24, 2.45) is 5.92 Å². The van der Waals surface area contributed by atoms with Crippen LogP contribution in [-0.4, -0.2) is 36.2 Å². The topological polar surface area (TPSA) is 84.9 Å². The summed E-state index contributed by atoms with van der Waals surface area (Å²) in [6.45, 7) is 1.06. The van der Waals surface area contributed by atoms with Crippen LogP contribution in [0.15, 0.2) is 18.2 Å². The highest BCUT2D eigenvalue weighted by Crippen LogP contribution is 2.31. The third-order valence-electron chi connectivity index (χ3n) is 3.82. The number of carboxylic acids is 1. The van der Waals surface area contributed by atoms with Gasteiger partial charge in [-0.1, -0.05) is 6.07 Å². The molecule has 0 aromatic heterocycles. The minimum Gasteiger partial charge on any atom is -0.486 e. The first-order chi connectivity index (χ1) is 10.1. The fraction of sp³-hybridized carbons (Fsp3) is 0.467. The molecule has 2 aliphatic rings. The standard InChI is InChI=1S/C15H17NO5/c17-14(16-11-7-10(8-11)15(18)19)6-9-1-2-12-13(5-9)21-4-3-20-12/h1-2,5,10-11H,3-4,6-8H2,(H,16,17)(H,18,19). The lowest BCUT2D eigenvalue weighted by atomic mass is 9.80. The molecular formula is C15H17NO5. The Hall–Kier alpha value is -2.24. The van der Waals surface area contributed by atoms with Crippen molar-refractivity contribution in [3.8, 4) is 11.5 Å². The summed E-state index contributed by atoms with van der Waals surface area (Å²) in [7, 11) is 0. The lowest BCUT2D eigenvalue weighted by Crippen LogP contribution is -2.47. The van der Waals surface area contributed by atoms with Gasteiger partial charge >= 0.3 is 5.97 Å². The minimum absolute atomic E-state index is 0.0178. The number of aliphatic carboxylic acids is 1. The Bertz CT molecular complexity index is 565. The lowest BCUT2D eigenvalue weighted by molar-refractivity contribution is -0.146. The van der Waals surface area contributed by atoms with Crippen LogP contribution >= 0.6 is 0 Å². The number of amides is 1. The van der Waals surface area contributed by atoms with Crippen molar-refractivity contribution < 1.29 is 24.2 Å². The highest BCUT2D eigenvalue weighted by atomic mass is 16.6. The van der Waals surface area contributed by atoms with Crippen LogP contribution in [-0.2, 0) is 16.0 Å². The lowest BCUT2D eigenvalue weighted by Gasteiger charge is -2.32. The normalized spacial score (nSPS) is 23.0. The van der Waals surface area contributed by atoms with Gasteiger partial charge in [0, 0.05) is 6.04 Å². The van der Waals surface area contributed by atoms with E-state index in [0.29, 0.717) is 37.6 Å². The molecule has 0 spiro atoms. The fourth-order valence-electron chi connectivity index (χ4n) is 2.60. The van der Waals surface area contributed by atoms with Crippen molar-refractivity contribution in [2.45, 2.75) is 25.3 Å². The summed E-state index contributed by atoms with van der Waals surface area (Å²) < 4.78 is 10.9. The molecule has 21 heavy (non-hydrogen) atoms. The van der Waals surface area contributed by atoms with Crippen LogP contribution in [0.1, 0.15) is 18.4 Å². The first kappa shape index (κ1) is 13.7. The summed E-state index contributed by atoms with van der Waals surface area (Å²) in [6.07, 6.45) is 1.29. The smallest absolute Gasteiger partial charge is 0.306 e. The third kappa shape index (κ3) is 3.09. The van der Waals surface area contributed by atoms with Crippen LogP contribution in [0.4, 0.5) is 0 Å². The molecular weight excluding hydrogens is 274 g/mol. The zero-order valence-corrected chi connectivity index (χ0v) is 11.5. The van der Waals surface area contributed by atoms with E-state index in [2.05, 4.69) is 5.32 Å². The monoisotopic (exact) mass is 291 g/mol. The maximum absolute atomic E-state index is 11.9. The third-order valence-corrected chi connectivity index (χ3v) is 3.82. The van der Waals surface area contributed by atoms with Crippen LogP contribution in [0.3, 0.4) is 0 Å². The summed E-state index contributed by atoms with van der Waals surface area (Å²) in [5.41, 5.74) is 0.853. The van der Waals surface area contributed by atoms with Crippen LogP contribution in [0.25, 0.3) is 0 Å². The van der Waals surface area contributed by atoms with E-state index in [-0.39, 0.29) is 24.3 Å². The van der Waals surface area contributed by atoms with Gasteiger partial charge in [0.15, 0.2) is 11.5 Å². The van der Waals surface area contributed by atoms with E-state index in [9.17, 15) is 9.59 Å². The van der Waals surface area contributed by atoms with Crippen molar-refractivity contribution in [3.05, 3.63) is 23.8 Å². The van der Waals surface area contributed by atoms with Gasteiger partial charge in [-0.25, -0.2) is 0 Å². The Labute approximate surface area is 122 Å². The molecule has 1 aliphatic carbocycles. The molecule has 6 heteroatoms. The highest BCUT2D eigenvalue weighted by Gasteiger charge is 2.35. The highest BCUT2D eigenvalue weighted by molar-refractivity contribution is 5.80. The van der Waals surface area contributed by atoms with Gasteiger partial charge < -0.3 is 19.9 Å². The Morgan fingerprint density at radius 3 is 2.62 bits per heavy atom. The molecule has 1 aromatic carbocycles. The van der Waals surface area contributed by atoms with Gasteiger partial charge in [0.2, 0.25) is 5.91 Å². The molecule has 1 amide bonds. The second kappa shape index (κ2) is 5.63. The van der Waals surface area contributed by atoms with Crippen molar-refractivity contribution in [1.29, 1.82) is 0 Å². The summed E-state index contributed by atoms with van der Waals surface area (Å²) >= 11 is 0. The van der Waals surface area contributed by atoms with Crippen LogP contribution in [0, 0.1) is 5.92 Å². The van der Waals surface area contributed by atoms with Gasteiger partial charge in [0.1, 0.15) is 13.2 Å². The van der Waals surface area contributed by atoms with E-state index in [1.165, 1.54) is 0 Å². The number of nitrogens with one attached hydrogen (secondary N) is 1. The number of rotatable bonds is 4. The molecule has 2 N–H and O–H groups in total. The number of carbonyl (C=O) groups is 2. The van der Waals surface area contributed by atoms with E-state index < -0.39 is 5.97 Å². The maximum atomic E-state index is 11.9. The molecule has 6 nitrogen and oxygen atoms in total. The number of ether oxygens (including phenoxy) is 2. The van der Waals surface area contributed by atoms with Crippen LogP contribution < -0.4 is 14.8 Å². The van der Waals surface area contributed by atoms with Gasteiger partial charge in [-0.15, -0.1) is 0 Å². The summed E-state index contributed by atoms with van der Waals surface area (Å²) in [5, 5.41) is 11.6. The Morgan fingerprint density at radius 1 is 1.19 bits per heavy atom. The molecule has 1 aliphatic heterocycles. The van der Waals surface area contributed by atoms with Crippen LogP contribution in [0.2, 0.25) is 0 Å². The maximum Gasteiger partial charge on any atom is 0.306 e. The van der Waals surface area contributed by atoms with E-state index in [1.807, 2.05) is 12.1 Å². The van der Waals surface area contributed by atoms with E-state index in [4.69, 9.17) is 14.6 Å². The molecule has 1 aromatic rings. The molecule has 0 radical (unpaired) electrons. The molecule has 1 heterocycles. The number of carbonyl (C=O) groups excluding carboxylic acids is 1. The summed E-state index contributed by atoms with van der Waals surface area (Å²) in [5.74, 6) is 0.173.